The molecule has 27 heavy (non-hydrogen) atoms. The maximum absolute atomic E-state index is 13.1. The van der Waals surface area contributed by atoms with Gasteiger partial charge in [0, 0.05) is 11.6 Å². The molecular formula is C18H12ClF3N4O. The van der Waals surface area contributed by atoms with Gasteiger partial charge in [-0.25, -0.2) is 9.97 Å². The van der Waals surface area contributed by atoms with E-state index in [4.69, 9.17) is 16.3 Å². The second kappa shape index (κ2) is 6.70. The van der Waals surface area contributed by atoms with Crippen molar-refractivity contribution in [3.8, 4) is 5.75 Å². The lowest BCUT2D eigenvalue weighted by molar-refractivity contribution is -0.139. The molecule has 0 saturated carbocycles. The molecule has 0 N–H and O–H groups in total. The fraction of sp³-hybridized carbons (Fsp3) is 0.167. The molecule has 0 amide bonds. The molecule has 0 saturated heterocycles. The Bertz CT molecular complexity index is 1110. The molecule has 1 aromatic carbocycles. The molecule has 3 heterocycles. The van der Waals surface area contributed by atoms with Crippen LogP contribution in [0.2, 0.25) is 5.15 Å². The fourth-order valence-electron chi connectivity index (χ4n) is 2.95. The van der Waals surface area contributed by atoms with Crippen LogP contribution in [0.3, 0.4) is 0 Å². The summed E-state index contributed by atoms with van der Waals surface area (Å²) < 4.78 is 45.9. The molecule has 0 spiro atoms. The quantitative estimate of drug-likeness (QED) is 0.469. The van der Waals surface area contributed by atoms with Gasteiger partial charge in [-0.3, -0.25) is 4.98 Å². The van der Waals surface area contributed by atoms with Crippen molar-refractivity contribution < 1.29 is 17.9 Å². The molecule has 0 unspecified atom stereocenters. The first kappa shape index (κ1) is 17.5. The molecule has 4 aromatic rings. The lowest BCUT2D eigenvalue weighted by atomic mass is 10.1. The third-order valence-electron chi connectivity index (χ3n) is 4.03. The average Bonchev–Trinajstić information content (AvgIpc) is 2.94. The van der Waals surface area contributed by atoms with Gasteiger partial charge in [0.05, 0.1) is 11.7 Å². The fourth-order valence-corrected chi connectivity index (χ4v) is 3.19. The molecule has 0 bridgehead atoms. The maximum Gasteiger partial charge on any atom is 0.406 e. The van der Waals surface area contributed by atoms with E-state index in [1.807, 2.05) is 0 Å². The van der Waals surface area contributed by atoms with Crippen LogP contribution in [-0.4, -0.2) is 25.7 Å². The Hall–Kier alpha value is -2.87. The minimum atomic E-state index is -4.40. The average molecular weight is 393 g/mol. The second-order valence-electron chi connectivity index (χ2n) is 5.89. The van der Waals surface area contributed by atoms with Gasteiger partial charge in [0.1, 0.15) is 36.3 Å². The first-order valence-electron chi connectivity index (χ1n) is 7.93. The summed E-state index contributed by atoms with van der Waals surface area (Å²) in [5, 5.41) is 0.541. The van der Waals surface area contributed by atoms with Crippen LogP contribution in [0.25, 0.3) is 21.9 Å². The molecule has 5 nitrogen and oxygen atoms in total. The van der Waals surface area contributed by atoms with Crippen LogP contribution in [0.5, 0.6) is 5.75 Å². The number of alkyl halides is 3. The lowest BCUT2D eigenvalue weighted by Gasteiger charge is -2.11. The molecule has 0 aliphatic heterocycles. The standard InChI is InChI=1S/C18H12ClF3N4O/c19-17-16-15(24-10-25-17)13-6-11(8-27-12-2-1-5-23-7-12)3-4-14(13)26(16)9-18(20,21)22/h1-7,10H,8-9H2. The first-order valence-corrected chi connectivity index (χ1v) is 8.31. The van der Waals surface area contributed by atoms with Crippen molar-refractivity contribution >= 4 is 33.5 Å². The van der Waals surface area contributed by atoms with Gasteiger partial charge in [-0.2, -0.15) is 13.2 Å². The predicted molar refractivity (Wildman–Crippen MR) is 94.7 cm³/mol. The Balaban J connectivity index is 1.79. The Labute approximate surface area is 156 Å². The molecule has 3 aromatic heterocycles. The first-order chi connectivity index (χ1) is 12.9. The normalized spacial score (nSPS) is 12.0. The van der Waals surface area contributed by atoms with Gasteiger partial charge in [-0.15, -0.1) is 0 Å². The number of nitrogens with zero attached hydrogens (tertiary/aromatic N) is 4. The monoisotopic (exact) mass is 392 g/mol. The van der Waals surface area contributed by atoms with E-state index in [9.17, 15) is 13.2 Å². The minimum absolute atomic E-state index is 0.0198. The number of pyridine rings is 1. The van der Waals surface area contributed by atoms with Crippen molar-refractivity contribution in [2.24, 2.45) is 0 Å². The number of aromatic nitrogens is 4. The van der Waals surface area contributed by atoms with Gasteiger partial charge in [0.2, 0.25) is 0 Å². The zero-order valence-electron chi connectivity index (χ0n) is 13.7. The van der Waals surface area contributed by atoms with E-state index < -0.39 is 12.7 Å². The van der Waals surface area contributed by atoms with E-state index in [1.54, 1.807) is 42.7 Å². The maximum atomic E-state index is 13.1. The highest BCUT2D eigenvalue weighted by Crippen LogP contribution is 2.34. The van der Waals surface area contributed by atoms with Gasteiger partial charge in [0.15, 0.2) is 5.15 Å². The summed E-state index contributed by atoms with van der Waals surface area (Å²) in [5.41, 5.74) is 1.70. The smallest absolute Gasteiger partial charge is 0.406 e. The van der Waals surface area contributed by atoms with Crippen molar-refractivity contribution in [3.05, 3.63) is 59.8 Å². The third-order valence-corrected chi connectivity index (χ3v) is 4.31. The summed E-state index contributed by atoms with van der Waals surface area (Å²) in [5.74, 6) is 0.600. The number of ether oxygens (including phenoxy) is 1. The van der Waals surface area contributed by atoms with Crippen molar-refractivity contribution in [3.63, 3.8) is 0 Å². The third kappa shape index (κ3) is 3.52. The highest BCUT2D eigenvalue weighted by molar-refractivity contribution is 6.34. The molecule has 0 atom stereocenters. The van der Waals surface area contributed by atoms with Crippen LogP contribution in [-0.2, 0) is 13.2 Å². The number of rotatable bonds is 4. The van der Waals surface area contributed by atoms with Crippen molar-refractivity contribution in [2.45, 2.75) is 19.3 Å². The van der Waals surface area contributed by atoms with Gasteiger partial charge in [-0.05, 0) is 29.8 Å². The van der Waals surface area contributed by atoms with Crippen LogP contribution in [0, 0.1) is 0 Å². The van der Waals surface area contributed by atoms with Gasteiger partial charge >= 0.3 is 6.18 Å². The Morgan fingerprint density at radius 2 is 2.00 bits per heavy atom. The van der Waals surface area contributed by atoms with Crippen LogP contribution < -0.4 is 4.74 Å². The van der Waals surface area contributed by atoms with E-state index in [2.05, 4.69) is 15.0 Å². The lowest BCUT2D eigenvalue weighted by Crippen LogP contribution is -2.17. The molecular weight excluding hydrogens is 381 g/mol. The molecule has 0 radical (unpaired) electrons. The molecule has 0 fully saturated rings. The van der Waals surface area contributed by atoms with E-state index in [-0.39, 0.29) is 17.3 Å². The SMILES string of the molecule is FC(F)(F)Cn1c2ccc(COc3cccnc3)cc2c2ncnc(Cl)c21. The highest BCUT2D eigenvalue weighted by Gasteiger charge is 2.30. The summed E-state index contributed by atoms with van der Waals surface area (Å²) in [7, 11) is 0. The van der Waals surface area contributed by atoms with Crippen molar-refractivity contribution in [1.29, 1.82) is 0 Å². The van der Waals surface area contributed by atoms with E-state index in [1.165, 1.54) is 6.33 Å². The number of hydrogen-bond donors (Lipinski definition) is 0. The predicted octanol–water partition coefficient (Wildman–Crippen LogP) is 4.77. The largest absolute Gasteiger partial charge is 0.487 e. The van der Waals surface area contributed by atoms with E-state index in [0.29, 0.717) is 22.2 Å². The number of benzene rings is 1. The Kier molecular flexibility index (Phi) is 4.35. The van der Waals surface area contributed by atoms with Crippen LogP contribution in [0.15, 0.2) is 49.1 Å². The van der Waals surface area contributed by atoms with Crippen LogP contribution in [0.1, 0.15) is 5.56 Å². The summed E-state index contributed by atoms with van der Waals surface area (Å²) >= 11 is 6.07. The van der Waals surface area contributed by atoms with Gasteiger partial charge in [-0.1, -0.05) is 17.7 Å². The minimum Gasteiger partial charge on any atom is -0.487 e. The number of halogens is 4. The zero-order valence-corrected chi connectivity index (χ0v) is 14.5. The van der Waals surface area contributed by atoms with Crippen molar-refractivity contribution in [2.75, 3.05) is 0 Å². The van der Waals surface area contributed by atoms with Crippen molar-refractivity contribution in [1.82, 2.24) is 19.5 Å². The molecule has 0 aliphatic carbocycles. The molecule has 138 valence electrons. The Morgan fingerprint density at radius 3 is 2.74 bits per heavy atom. The van der Waals surface area contributed by atoms with Crippen LogP contribution >= 0.6 is 11.6 Å². The molecule has 0 aliphatic rings. The molecule has 4 rings (SSSR count). The summed E-state index contributed by atoms with van der Waals surface area (Å²) in [6.45, 7) is -0.933. The topological polar surface area (TPSA) is 52.8 Å². The Morgan fingerprint density at radius 1 is 1.15 bits per heavy atom. The van der Waals surface area contributed by atoms with Gasteiger partial charge < -0.3 is 9.30 Å². The molecule has 9 heteroatoms. The zero-order chi connectivity index (χ0) is 19.0. The summed E-state index contributed by atoms with van der Waals surface area (Å²) in [6.07, 6.45) is 0.0551. The summed E-state index contributed by atoms with van der Waals surface area (Å²) in [4.78, 5) is 11.9. The second-order valence-corrected chi connectivity index (χ2v) is 6.25. The number of hydrogen-bond acceptors (Lipinski definition) is 4. The van der Waals surface area contributed by atoms with E-state index in [0.717, 1.165) is 10.1 Å². The van der Waals surface area contributed by atoms with Gasteiger partial charge in [0.25, 0.3) is 0 Å². The number of fused-ring (bicyclic) bond motifs is 3. The van der Waals surface area contributed by atoms with E-state index >= 15 is 0 Å². The van der Waals surface area contributed by atoms with Crippen LogP contribution in [0.4, 0.5) is 13.2 Å². The summed E-state index contributed by atoms with van der Waals surface area (Å²) in [6, 6.07) is 8.60. The highest BCUT2D eigenvalue weighted by atomic mass is 35.5.